The molecule has 1 saturated heterocycles. The number of piperazine rings is 1. The third-order valence-corrected chi connectivity index (χ3v) is 6.14. The van der Waals surface area contributed by atoms with Crippen LogP contribution in [0, 0.1) is 0 Å². The number of carbonyl (C=O) groups is 2. The Bertz CT molecular complexity index is 1220. The molecule has 2 N–H and O–H groups in total. The summed E-state index contributed by atoms with van der Waals surface area (Å²) in [5.41, 5.74) is 0.289. The second-order valence-corrected chi connectivity index (χ2v) is 8.38. The van der Waals surface area contributed by atoms with Crippen LogP contribution in [0.15, 0.2) is 52.4 Å². The van der Waals surface area contributed by atoms with Crippen molar-refractivity contribution in [2.24, 2.45) is 0 Å². The van der Waals surface area contributed by atoms with Gasteiger partial charge in [-0.05, 0) is 18.9 Å². The number of hydrogen-bond acceptors (Lipinski definition) is 7. The Balaban J connectivity index is 1.29. The number of allylic oxidation sites excluding steroid dienone is 4. The fourth-order valence-electron chi connectivity index (χ4n) is 4.24. The number of aromatic nitrogens is 4. The molecule has 2 aromatic rings. The molecule has 3 heterocycles. The van der Waals surface area contributed by atoms with Crippen molar-refractivity contribution < 1.29 is 9.59 Å². The van der Waals surface area contributed by atoms with E-state index in [1.165, 1.54) is 4.57 Å². The van der Waals surface area contributed by atoms with Gasteiger partial charge in [0.05, 0.1) is 6.54 Å². The van der Waals surface area contributed by atoms with Gasteiger partial charge in [-0.25, -0.2) is 14.8 Å². The van der Waals surface area contributed by atoms with Gasteiger partial charge < -0.3 is 15.1 Å². The molecule has 0 radical (unpaired) electrons. The van der Waals surface area contributed by atoms with Crippen LogP contribution in [0.1, 0.15) is 24.1 Å². The summed E-state index contributed by atoms with van der Waals surface area (Å²) >= 11 is 0. The Labute approximate surface area is 202 Å². The van der Waals surface area contributed by atoms with Gasteiger partial charge in [-0.3, -0.25) is 23.9 Å². The standard InChI is InChI=1S/C24H29N7O4/c32-20(27-17-21(33)29-13-15-30(16-14-29)23-25-10-6-11-26-23)9-12-31-19-8-5-3-1-2-4-7-18(19)22(34)28-24(31)35/h1-3,5-6,10-11H,4,7-9,12-17H2,(H,27,32)(H,28,34,35)/b2-1-,5-3-. The molecule has 1 aliphatic heterocycles. The van der Waals surface area contributed by atoms with Crippen LogP contribution in [0.25, 0.3) is 0 Å². The van der Waals surface area contributed by atoms with Crippen molar-refractivity contribution in [3.63, 3.8) is 0 Å². The number of hydrogen-bond donors (Lipinski definition) is 2. The lowest BCUT2D eigenvalue weighted by molar-refractivity contribution is -0.133. The Morgan fingerprint density at radius 2 is 1.77 bits per heavy atom. The molecule has 184 valence electrons. The predicted molar refractivity (Wildman–Crippen MR) is 130 cm³/mol. The van der Waals surface area contributed by atoms with Crippen molar-refractivity contribution in [1.29, 1.82) is 0 Å². The summed E-state index contributed by atoms with van der Waals surface area (Å²) in [5.74, 6) is 0.148. The second kappa shape index (κ2) is 11.4. The largest absolute Gasteiger partial charge is 0.347 e. The Kier molecular flexibility index (Phi) is 7.86. The van der Waals surface area contributed by atoms with Crippen molar-refractivity contribution in [3.05, 3.63) is 74.9 Å². The normalized spacial score (nSPS) is 17.5. The summed E-state index contributed by atoms with van der Waals surface area (Å²) in [6.07, 6.45) is 12.7. The lowest BCUT2D eigenvalue weighted by Crippen LogP contribution is -2.51. The Hall–Kier alpha value is -4.02. The zero-order valence-electron chi connectivity index (χ0n) is 19.5. The highest BCUT2D eigenvalue weighted by atomic mass is 16.2. The molecule has 11 heteroatoms. The maximum absolute atomic E-state index is 12.6. The zero-order valence-corrected chi connectivity index (χ0v) is 19.5. The number of anilines is 1. The minimum atomic E-state index is -0.529. The monoisotopic (exact) mass is 479 g/mol. The van der Waals surface area contributed by atoms with Gasteiger partial charge in [-0.2, -0.15) is 0 Å². The van der Waals surface area contributed by atoms with Crippen LogP contribution in [-0.4, -0.2) is 69.0 Å². The fraction of sp³-hybridized carbons (Fsp3) is 0.417. The fourth-order valence-corrected chi connectivity index (χ4v) is 4.24. The molecule has 1 fully saturated rings. The number of H-pyrrole nitrogens is 1. The Morgan fingerprint density at radius 3 is 2.54 bits per heavy atom. The van der Waals surface area contributed by atoms with Gasteiger partial charge in [0.25, 0.3) is 5.56 Å². The van der Waals surface area contributed by atoms with E-state index in [0.717, 1.165) is 0 Å². The lowest BCUT2D eigenvalue weighted by Gasteiger charge is -2.34. The van der Waals surface area contributed by atoms with Gasteiger partial charge in [0, 0.05) is 69.2 Å². The molecule has 0 atom stereocenters. The van der Waals surface area contributed by atoms with E-state index in [9.17, 15) is 19.2 Å². The molecule has 0 unspecified atom stereocenters. The number of rotatable bonds is 6. The van der Waals surface area contributed by atoms with E-state index in [0.29, 0.717) is 62.6 Å². The topological polar surface area (TPSA) is 133 Å². The summed E-state index contributed by atoms with van der Waals surface area (Å²) in [6, 6.07) is 1.76. The van der Waals surface area contributed by atoms with Gasteiger partial charge in [-0.1, -0.05) is 24.3 Å². The molecule has 0 bridgehead atoms. The zero-order chi connectivity index (χ0) is 24.6. The number of nitrogens with zero attached hydrogens (tertiary/aromatic N) is 5. The third kappa shape index (κ3) is 6.11. The third-order valence-electron chi connectivity index (χ3n) is 6.14. The lowest BCUT2D eigenvalue weighted by atomic mass is 10.1. The van der Waals surface area contributed by atoms with Crippen LogP contribution in [0.4, 0.5) is 5.95 Å². The van der Waals surface area contributed by atoms with E-state index >= 15 is 0 Å². The van der Waals surface area contributed by atoms with Crippen LogP contribution >= 0.6 is 0 Å². The van der Waals surface area contributed by atoms with Crippen LogP contribution in [0.3, 0.4) is 0 Å². The number of nitrogens with one attached hydrogen (secondary N) is 2. The first-order chi connectivity index (χ1) is 17.0. The summed E-state index contributed by atoms with van der Waals surface area (Å²) in [4.78, 5) is 64.4. The molecular formula is C24H29N7O4. The van der Waals surface area contributed by atoms with Crippen LogP contribution in [0.5, 0.6) is 0 Å². The predicted octanol–water partition coefficient (Wildman–Crippen LogP) is -0.217. The summed E-state index contributed by atoms with van der Waals surface area (Å²) in [6.45, 7) is 2.30. The Morgan fingerprint density at radius 1 is 1.03 bits per heavy atom. The van der Waals surface area contributed by atoms with Gasteiger partial charge in [0.1, 0.15) is 0 Å². The summed E-state index contributed by atoms with van der Waals surface area (Å²) in [7, 11) is 0. The van der Waals surface area contributed by atoms with Gasteiger partial charge in [-0.15, -0.1) is 0 Å². The van der Waals surface area contributed by atoms with Crippen molar-refractivity contribution >= 4 is 17.8 Å². The molecule has 0 saturated carbocycles. The molecule has 0 spiro atoms. The molecule has 35 heavy (non-hydrogen) atoms. The first kappa shape index (κ1) is 24.1. The van der Waals surface area contributed by atoms with Crippen LogP contribution in [0.2, 0.25) is 0 Å². The summed E-state index contributed by atoms with van der Waals surface area (Å²) < 4.78 is 1.46. The molecule has 2 aromatic heterocycles. The highest BCUT2D eigenvalue weighted by molar-refractivity contribution is 5.84. The number of amides is 2. The average Bonchev–Trinajstić information content (AvgIpc) is 3.00. The number of fused-ring (bicyclic) bond motifs is 1. The van der Waals surface area contributed by atoms with E-state index < -0.39 is 5.69 Å². The first-order valence-electron chi connectivity index (χ1n) is 11.8. The average molecular weight is 480 g/mol. The smallest absolute Gasteiger partial charge is 0.328 e. The second-order valence-electron chi connectivity index (χ2n) is 8.38. The summed E-state index contributed by atoms with van der Waals surface area (Å²) in [5, 5.41) is 2.66. The van der Waals surface area contributed by atoms with E-state index in [1.807, 2.05) is 29.2 Å². The quantitative estimate of drug-likeness (QED) is 0.585. The van der Waals surface area contributed by atoms with Crippen molar-refractivity contribution in [2.75, 3.05) is 37.6 Å². The van der Waals surface area contributed by atoms with Gasteiger partial charge >= 0.3 is 5.69 Å². The molecular weight excluding hydrogens is 450 g/mol. The SMILES string of the molecule is O=C(CCn1c2c(c(=O)[nH]c1=O)CC/C=C\C=C/C2)NCC(=O)N1CCN(c2ncccn2)CC1. The van der Waals surface area contributed by atoms with Crippen molar-refractivity contribution in [1.82, 2.24) is 29.7 Å². The van der Waals surface area contributed by atoms with E-state index in [2.05, 4.69) is 20.3 Å². The minimum Gasteiger partial charge on any atom is -0.347 e. The maximum atomic E-state index is 12.6. The minimum absolute atomic E-state index is 0.0206. The molecule has 0 aromatic carbocycles. The van der Waals surface area contributed by atoms with E-state index in [-0.39, 0.29) is 36.9 Å². The molecule has 1 aliphatic carbocycles. The molecule has 2 aliphatic rings. The first-order valence-corrected chi connectivity index (χ1v) is 11.8. The number of aromatic amines is 1. The van der Waals surface area contributed by atoms with E-state index in [4.69, 9.17) is 0 Å². The van der Waals surface area contributed by atoms with Crippen LogP contribution < -0.4 is 21.5 Å². The molecule has 11 nitrogen and oxygen atoms in total. The number of carbonyl (C=O) groups excluding carboxylic acids is 2. The maximum Gasteiger partial charge on any atom is 0.328 e. The van der Waals surface area contributed by atoms with Crippen LogP contribution in [-0.2, 0) is 29.0 Å². The molecule has 2 amide bonds. The van der Waals surface area contributed by atoms with Gasteiger partial charge in [0.2, 0.25) is 17.8 Å². The molecule has 4 rings (SSSR count). The highest BCUT2D eigenvalue weighted by Crippen LogP contribution is 2.11. The van der Waals surface area contributed by atoms with Crippen molar-refractivity contribution in [3.8, 4) is 0 Å². The van der Waals surface area contributed by atoms with Crippen molar-refractivity contribution in [2.45, 2.75) is 32.2 Å². The highest BCUT2D eigenvalue weighted by Gasteiger charge is 2.23. The van der Waals surface area contributed by atoms with E-state index in [1.54, 1.807) is 23.4 Å². The van der Waals surface area contributed by atoms with Gasteiger partial charge in [0.15, 0.2) is 0 Å².